The van der Waals surface area contributed by atoms with Gasteiger partial charge in [-0.2, -0.15) is 0 Å². The Balaban J connectivity index is -0.000000466. The Morgan fingerprint density at radius 2 is 1.13 bits per heavy atom. The zero-order valence-electron chi connectivity index (χ0n) is 35.3. The van der Waals surface area contributed by atoms with Gasteiger partial charge in [0.15, 0.2) is 0 Å². The predicted molar refractivity (Wildman–Crippen MR) is 216 cm³/mol. The minimum Gasteiger partial charge on any atom is -0.100 e. The second-order valence-electron chi connectivity index (χ2n) is 15.0. The third kappa shape index (κ3) is 30.8. The Morgan fingerprint density at radius 3 is 1.56 bits per heavy atom. The monoisotopic (exact) mass is 637 g/mol. The van der Waals surface area contributed by atoms with Gasteiger partial charge in [-0.05, 0) is 86.4 Å². The number of hydrogen-bond acceptors (Lipinski definition) is 0. The molecule has 0 aromatic rings. The smallest absolute Gasteiger partial charge is 0.0323 e. The quantitative estimate of drug-likeness (QED) is 0.124. The molecular weight excluding hydrogens is 540 g/mol. The van der Waals surface area contributed by atoms with Crippen LogP contribution >= 0.6 is 0 Å². The fourth-order valence-corrected chi connectivity index (χ4v) is 7.64. The van der Waals surface area contributed by atoms with E-state index in [1.807, 2.05) is 27.7 Å². The normalized spacial score (nSPS) is 24.7. The van der Waals surface area contributed by atoms with E-state index in [4.69, 9.17) is 0 Å². The van der Waals surface area contributed by atoms with Gasteiger partial charge >= 0.3 is 0 Å². The molecule has 0 radical (unpaired) electrons. The van der Waals surface area contributed by atoms with E-state index in [0.29, 0.717) is 0 Å². The van der Waals surface area contributed by atoms with Gasteiger partial charge in [0.1, 0.15) is 0 Å². The maximum Gasteiger partial charge on any atom is -0.0323 e. The first-order chi connectivity index (χ1) is 21.5. The van der Waals surface area contributed by atoms with Gasteiger partial charge in [0.2, 0.25) is 0 Å². The number of rotatable bonds is 15. The maximum atomic E-state index is 4.17. The van der Waals surface area contributed by atoms with Crippen molar-refractivity contribution in [3.8, 4) is 0 Å². The van der Waals surface area contributed by atoms with Crippen molar-refractivity contribution in [1.82, 2.24) is 0 Å². The molecule has 1 aliphatic carbocycles. The predicted octanol–water partition coefficient (Wildman–Crippen LogP) is 17.2. The van der Waals surface area contributed by atoms with Crippen LogP contribution < -0.4 is 0 Å². The van der Waals surface area contributed by atoms with Crippen molar-refractivity contribution >= 4 is 0 Å². The largest absolute Gasteiger partial charge is 0.100 e. The second kappa shape index (κ2) is 38.2. The molecule has 0 N–H and O–H groups in total. The van der Waals surface area contributed by atoms with Crippen LogP contribution in [0.15, 0.2) is 12.2 Å². The number of hydrogen-bond donors (Lipinski definition) is 0. The Morgan fingerprint density at radius 1 is 0.622 bits per heavy atom. The van der Waals surface area contributed by atoms with E-state index in [1.165, 1.54) is 128 Å². The zero-order valence-corrected chi connectivity index (χ0v) is 35.3. The number of allylic oxidation sites excluding steroid dienone is 1. The standard InChI is InChI=1S/C30H58.C6H14.C5H12.2C2H6/c1-10-12-23(5)20-30-26(8)17-19-29(24(6)15-14-22(3)4)25(7)16-18-28(13-11-2)21-27(30)9;1-3-5-6-4-2;1-3-5-4-2;2*1-2/h23-30H,3,10-21H2,1-2,4-9H3;3-6H2,1-2H3;3-5H2,1-2H3;2*1-2H3/t23?,24?,25?,26?,27-,28?,29?,30?;;;;/m1..../s1. The van der Waals surface area contributed by atoms with Crippen LogP contribution in [0.2, 0.25) is 0 Å². The molecule has 1 aliphatic rings. The Labute approximate surface area is 291 Å². The first-order valence-corrected chi connectivity index (χ1v) is 21.2. The topological polar surface area (TPSA) is 0 Å². The van der Waals surface area contributed by atoms with Crippen LogP contribution in [0.1, 0.15) is 233 Å². The molecule has 7 unspecified atom stereocenters. The minimum atomic E-state index is 0.837. The van der Waals surface area contributed by atoms with Gasteiger partial charge in [0, 0.05) is 0 Å². The van der Waals surface area contributed by atoms with E-state index in [0.717, 1.165) is 47.3 Å². The summed E-state index contributed by atoms with van der Waals surface area (Å²) >= 11 is 0. The molecule has 1 fully saturated rings. The lowest BCUT2D eigenvalue weighted by atomic mass is 9.71. The van der Waals surface area contributed by atoms with Crippen molar-refractivity contribution in [2.75, 3.05) is 0 Å². The van der Waals surface area contributed by atoms with Crippen molar-refractivity contribution < 1.29 is 0 Å². The Bertz CT molecular complexity index is 540. The maximum absolute atomic E-state index is 4.17. The summed E-state index contributed by atoms with van der Waals surface area (Å²) in [6.07, 6.45) is 26.5. The molecule has 0 aromatic carbocycles. The summed E-state index contributed by atoms with van der Waals surface area (Å²) < 4.78 is 0. The van der Waals surface area contributed by atoms with E-state index in [1.54, 1.807) is 0 Å². The third-order valence-electron chi connectivity index (χ3n) is 10.5. The highest BCUT2D eigenvalue weighted by Gasteiger charge is 2.31. The molecule has 0 spiro atoms. The van der Waals surface area contributed by atoms with Gasteiger partial charge in [0.25, 0.3) is 0 Å². The fourth-order valence-electron chi connectivity index (χ4n) is 7.64. The average Bonchev–Trinajstić information content (AvgIpc) is 3.04. The van der Waals surface area contributed by atoms with E-state index < -0.39 is 0 Å². The Kier molecular flexibility index (Phi) is 43.8. The minimum absolute atomic E-state index is 0.837. The summed E-state index contributed by atoms with van der Waals surface area (Å²) in [5.74, 6) is 7.15. The molecule has 0 heteroatoms. The first-order valence-electron chi connectivity index (χ1n) is 21.2. The van der Waals surface area contributed by atoms with Gasteiger partial charge in [-0.3, -0.25) is 0 Å². The van der Waals surface area contributed by atoms with Gasteiger partial charge in [-0.15, -0.1) is 6.58 Å². The summed E-state index contributed by atoms with van der Waals surface area (Å²) in [5.41, 5.74) is 1.36. The SMILES string of the molecule is C=C(C)CCC(C)C1CCC(C)C(CC(C)CCC)[C@H](C)CC(CCC)CCC1C.CC.CC.CCCCC.CCCCCC. The highest BCUT2D eigenvalue weighted by Crippen LogP contribution is 2.42. The lowest BCUT2D eigenvalue weighted by Crippen LogP contribution is -2.25. The van der Waals surface area contributed by atoms with Crippen LogP contribution in [0.25, 0.3) is 0 Å². The van der Waals surface area contributed by atoms with Crippen molar-refractivity contribution in [3.63, 3.8) is 0 Å². The molecule has 0 saturated heterocycles. The van der Waals surface area contributed by atoms with E-state index in [9.17, 15) is 0 Å². The van der Waals surface area contributed by atoms with Gasteiger partial charge in [-0.25, -0.2) is 0 Å². The van der Waals surface area contributed by atoms with Gasteiger partial charge < -0.3 is 0 Å². The summed E-state index contributed by atoms with van der Waals surface area (Å²) in [4.78, 5) is 0. The van der Waals surface area contributed by atoms with E-state index >= 15 is 0 Å². The van der Waals surface area contributed by atoms with Crippen LogP contribution in [-0.2, 0) is 0 Å². The molecule has 1 saturated carbocycles. The van der Waals surface area contributed by atoms with E-state index in [2.05, 4.69) is 89.7 Å². The zero-order chi connectivity index (χ0) is 35.6. The van der Waals surface area contributed by atoms with Crippen molar-refractivity contribution in [3.05, 3.63) is 12.2 Å². The highest BCUT2D eigenvalue weighted by atomic mass is 14.4. The molecule has 276 valence electrons. The lowest BCUT2D eigenvalue weighted by molar-refractivity contribution is 0.157. The third-order valence-corrected chi connectivity index (χ3v) is 10.5. The van der Waals surface area contributed by atoms with Crippen molar-refractivity contribution in [2.24, 2.45) is 47.3 Å². The molecule has 45 heavy (non-hydrogen) atoms. The summed E-state index contributed by atoms with van der Waals surface area (Å²) in [5, 5.41) is 0. The van der Waals surface area contributed by atoms with E-state index in [-0.39, 0.29) is 0 Å². The molecule has 0 aromatic heterocycles. The second-order valence-corrected chi connectivity index (χ2v) is 15.0. The highest BCUT2D eigenvalue weighted by molar-refractivity contribution is 4.89. The fraction of sp³-hybridized carbons (Fsp3) is 0.956. The van der Waals surface area contributed by atoms with Crippen molar-refractivity contribution in [1.29, 1.82) is 0 Å². The van der Waals surface area contributed by atoms with Crippen LogP contribution in [0.4, 0.5) is 0 Å². The van der Waals surface area contributed by atoms with Crippen molar-refractivity contribution in [2.45, 2.75) is 233 Å². The lowest BCUT2D eigenvalue weighted by Gasteiger charge is -2.35. The molecule has 8 atom stereocenters. The molecule has 0 bridgehead atoms. The van der Waals surface area contributed by atoms with Crippen LogP contribution in [0.3, 0.4) is 0 Å². The average molecular weight is 637 g/mol. The summed E-state index contributed by atoms with van der Waals surface area (Å²) in [6.45, 7) is 40.9. The van der Waals surface area contributed by atoms with Crippen LogP contribution in [0.5, 0.6) is 0 Å². The molecule has 0 aliphatic heterocycles. The van der Waals surface area contributed by atoms with Gasteiger partial charge in [0.05, 0.1) is 0 Å². The van der Waals surface area contributed by atoms with Crippen LogP contribution in [-0.4, -0.2) is 0 Å². The number of unbranched alkanes of at least 4 members (excludes halogenated alkanes) is 5. The van der Waals surface area contributed by atoms with Gasteiger partial charge in [-0.1, -0.05) is 199 Å². The first kappa shape index (κ1) is 51.6. The molecule has 1 rings (SSSR count). The molecule has 0 amide bonds. The Hall–Kier alpha value is -0.260. The summed E-state index contributed by atoms with van der Waals surface area (Å²) in [7, 11) is 0. The molecule has 0 heterocycles. The molecule has 0 nitrogen and oxygen atoms in total. The molecular formula is C45H96. The van der Waals surface area contributed by atoms with Crippen LogP contribution in [0, 0.1) is 47.3 Å². The summed E-state index contributed by atoms with van der Waals surface area (Å²) in [6, 6.07) is 0.